The molecule has 0 unspecified atom stereocenters. The maximum absolute atomic E-state index is 13.1. The van der Waals surface area contributed by atoms with Gasteiger partial charge in [-0.05, 0) is 36.2 Å². The number of benzene rings is 2. The van der Waals surface area contributed by atoms with Crippen molar-refractivity contribution in [2.24, 2.45) is 0 Å². The van der Waals surface area contributed by atoms with Gasteiger partial charge in [0.15, 0.2) is 0 Å². The van der Waals surface area contributed by atoms with E-state index in [9.17, 15) is 9.18 Å². The number of amides is 2. The Kier molecular flexibility index (Phi) is 4.34. The maximum atomic E-state index is 13.1. The highest BCUT2D eigenvalue weighted by Crippen LogP contribution is 2.38. The number of anilines is 1. The molecule has 0 aromatic heterocycles. The SMILES string of the molecule is Cc1ccccc1NC(=O)N1CCS[C@@H]1c1ccc(F)cc1. The molecule has 114 valence electrons. The van der Waals surface area contributed by atoms with Crippen molar-refractivity contribution in [2.75, 3.05) is 17.6 Å². The molecule has 1 atom stereocenters. The van der Waals surface area contributed by atoms with E-state index in [4.69, 9.17) is 0 Å². The van der Waals surface area contributed by atoms with E-state index < -0.39 is 0 Å². The zero-order chi connectivity index (χ0) is 15.5. The van der Waals surface area contributed by atoms with Crippen LogP contribution in [0.1, 0.15) is 16.5 Å². The van der Waals surface area contributed by atoms with Crippen LogP contribution in [0.3, 0.4) is 0 Å². The van der Waals surface area contributed by atoms with E-state index in [0.29, 0.717) is 6.54 Å². The van der Waals surface area contributed by atoms with E-state index in [-0.39, 0.29) is 17.2 Å². The third kappa shape index (κ3) is 3.09. The van der Waals surface area contributed by atoms with Gasteiger partial charge in [0, 0.05) is 18.0 Å². The summed E-state index contributed by atoms with van der Waals surface area (Å²) in [5.41, 5.74) is 2.80. The average molecular weight is 316 g/mol. The van der Waals surface area contributed by atoms with E-state index >= 15 is 0 Å². The average Bonchev–Trinajstić information content (AvgIpc) is 3.00. The molecule has 5 heteroatoms. The minimum Gasteiger partial charge on any atom is -0.308 e. The molecule has 2 amide bonds. The number of thioether (sulfide) groups is 1. The molecule has 1 saturated heterocycles. The van der Waals surface area contributed by atoms with Crippen LogP contribution in [0.2, 0.25) is 0 Å². The van der Waals surface area contributed by atoms with Gasteiger partial charge in [-0.15, -0.1) is 11.8 Å². The van der Waals surface area contributed by atoms with Crippen molar-refractivity contribution in [1.29, 1.82) is 0 Å². The number of nitrogens with zero attached hydrogens (tertiary/aromatic N) is 1. The standard InChI is InChI=1S/C17H17FN2OS/c1-12-4-2-3-5-15(12)19-17(21)20-10-11-22-16(20)13-6-8-14(18)9-7-13/h2-9,16H,10-11H2,1H3,(H,19,21)/t16-/m1/s1. The third-order valence-corrected chi connectivity index (χ3v) is 4.95. The number of hydrogen-bond donors (Lipinski definition) is 1. The van der Waals surface area contributed by atoms with Crippen LogP contribution < -0.4 is 5.32 Å². The summed E-state index contributed by atoms with van der Waals surface area (Å²) in [6.07, 6.45) is 0. The van der Waals surface area contributed by atoms with Crippen molar-refractivity contribution in [3.05, 3.63) is 65.5 Å². The summed E-state index contributed by atoms with van der Waals surface area (Å²) in [7, 11) is 0. The van der Waals surface area contributed by atoms with Gasteiger partial charge in [0.05, 0.1) is 0 Å². The van der Waals surface area contributed by atoms with Gasteiger partial charge in [0.2, 0.25) is 0 Å². The lowest BCUT2D eigenvalue weighted by atomic mass is 10.2. The van der Waals surface area contributed by atoms with E-state index in [1.807, 2.05) is 31.2 Å². The van der Waals surface area contributed by atoms with E-state index in [1.54, 1.807) is 28.8 Å². The van der Waals surface area contributed by atoms with Crippen LogP contribution in [-0.4, -0.2) is 23.2 Å². The molecule has 0 spiro atoms. The molecule has 1 aliphatic heterocycles. The second-order valence-electron chi connectivity index (χ2n) is 5.21. The van der Waals surface area contributed by atoms with Crippen molar-refractivity contribution < 1.29 is 9.18 Å². The smallest absolute Gasteiger partial charge is 0.308 e. The van der Waals surface area contributed by atoms with Crippen LogP contribution in [0.15, 0.2) is 48.5 Å². The first-order chi connectivity index (χ1) is 10.6. The van der Waals surface area contributed by atoms with Gasteiger partial charge in [0.1, 0.15) is 11.2 Å². The predicted molar refractivity (Wildman–Crippen MR) is 88.5 cm³/mol. The molecule has 3 rings (SSSR count). The minimum atomic E-state index is -0.261. The fourth-order valence-corrected chi connectivity index (χ4v) is 3.74. The van der Waals surface area contributed by atoms with Crippen LogP contribution in [0.4, 0.5) is 14.9 Å². The summed E-state index contributed by atoms with van der Waals surface area (Å²) in [4.78, 5) is 14.3. The van der Waals surface area contributed by atoms with Crippen molar-refractivity contribution in [1.82, 2.24) is 4.90 Å². The predicted octanol–water partition coefficient (Wildman–Crippen LogP) is 4.41. The quantitative estimate of drug-likeness (QED) is 0.890. The second kappa shape index (κ2) is 6.40. The highest BCUT2D eigenvalue weighted by Gasteiger charge is 2.30. The lowest BCUT2D eigenvalue weighted by Gasteiger charge is -2.24. The summed E-state index contributed by atoms with van der Waals surface area (Å²) in [5.74, 6) is 0.617. The summed E-state index contributed by atoms with van der Waals surface area (Å²) >= 11 is 1.70. The molecular weight excluding hydrogens is 299 g/mol. The molecule has 2 aromatic carbocycles. The lowest BCUT2D eigenvalue weighted by molar-refractivity contribution is 0.214. The molecule has 3 nitrogen and oxygen atoms in total. The summed E-state index contributed by atoms with van der Waals surface area (Å²) in [5, 5.41) is 2.90. The number of halogens is 1. The van der Waals surface area contributed by atoms with E-state index in [1.165, 1.54) is 12.1 Å². The summed E-state index contributed by atoms with van der Waals surface area (Å²) in [6.45, 7) is 2.65. The Bertz CT molecular complexity index is 675. The van der Waals surface area contributed by atoms with Crippen molar-refractivity contribution in [3.8, 4) is 0 Å². The van der Waals surface area contributed by atoms with E-state index in [2.05, 4.69) is 5.32 Å². The molecule has 2 aromatic rings. The zero-order valence-corrected chi connectivity index (χ0v) is 13.1. The third-order valence-electron chi connectivity index (χ3n) is 3.69. The zero-order valence-electron chi connectivity index (χ0n) is 12.3. The van der Waals surface area contributed by atoms with Gasteiger partial charge in [-0.3, -0.25) is 0 Å². The van der Waals surface area contributed by atoms with Gasteiger partial charge < -0.3 is 10.2 Å². The molecule has 1 heterocycles. The molecule has 0 aliphatic carbocycles. The molecule has 1 fully saturated rings. The topological polar surface area (TPSA) is 32.3 Å². The molecule has 1 aliphatic rings. The Morgan fingerprint density at radius 1 is 1.23 bits per heavy atom. The summed E-state index contributed by atoms with van der Waals surface area (Å²) in [6, 6.07) is 13.9. The molecule has 0 saturated carbocycles. The Labute approximate surface area is 133 Å². The number of carbonyl (C=O) groups is 1. The van der Waals surface area contributed by atoms with Crippen LogP contribution in [0, 0.1) is 12.7 Å². The van der Waals surface area contributed by atoms with Gasteiger partial charge in [-0.25, -0.2) is 9.18 Å². The van der Waals surface area contributed by atoms with Crippen LogP contribution in [0.5, 0.6) is 0 Å². The Morgan fingerprint density at radius 3 is 2.68 bits per heavy atom. The fraction of sp³-hybridized carbons (Fsp3) is 0.235. The highest BCUT2D eigenvalue weighted by atomic mass is 32.2. The summed E-state index contributed by atoms with van der Waals surface area (Å²) < 4.78 is 13.1. The maximum Gasteiger partial charge on any atom is 0.323 e. The van der Waals surface area contributed by atoms with Crippen LogP contribution in [0.25, 0.3) is 0 Å². The number of hydrogen-bond acceptors (Lipinski definition) is 2. The Balaban J connectivity index is 1.76. The van der Waals surface area contributed by atoms with Crippen molar-refractivity contribution in [2.45, 2.75) is 12.3 Å². The molecule has 0 bridgehead atoms. The first-order valence-electron chi connectivity index (χ1n) is 7.15. The van der Waals surface area contributed by atoms with Gasteiger partial charge >= 0.3 is 6.03 Å². The number of urea groups is 1. The van der Waals surface area contributed by atoms with Gasteiger partial charge in [0.25, 0.3) is 0 Å². The normalized spacial score (nSPS) is 17.5. The lowest BCUT2D eigenvalue weighted by Crippen LogP contribution is -2.34. The number of rotatable bonds is 2. The first-order valence-corrected chi connectivity index (χ1v) is 8.20. The van der Waals surface area contributed by atoms with Crippen molar-refractivity contribution >= 4 is 23.5 Å². The fourth-order valence-electron chi connectivity index (χ4n) is 2.48. The second-order valence-corrected chi connectivity index (χ2v) is 6.40. The van der Waals surface area contributed by atoms with Gasteiger partial charge in [-0.1, -0.05) is 30.3 Å². The minimum absolute atomic E-state index is 0.0652. The monoisotopic (exact) mass is 316 g/mol. The van der Waals surface area contributed by atoms with E-state index in [0.717, 1.165) is 22.6 Å². The largest absolute Gasteiger partial charge is 0.323 e. The first kappa shape index (κ1) is 14.9. The number of para-hydroxylation sites is 1. The Hall–Kier alpha value is -2.01. The number of carbonyl (C=O) groups excluding carboxylic acids is 1. The molecule has 0 radical (unpaired) electrons. The van der Waals surface area contributed by atoms with Crippen LogP contribution in [-0.2, 0) is 0 Å². The Morgan fingerprint density at radius 2 is 1.95 bits per heavy atom. The van der Waals surface area contributed by atoms with Crippen molar-refractivity contribution in [3.63, 3.8) is 0 Å². The highest BCUT2D eigenvalue weighted by molar-refractivity contribution is 7.99. The van der Waals surface area contributed by atoms with Gasteiger partial charge in [-0.2, -0.15) is 0 Å². The molecule has 22 heavy (non-hydrogen) atoms. The number of aryl methyl sites for hydroxylation is 1. The molecular formula is C17H17FN2OS. The molecule has 1 N–H and O–H groups in total. The number of nitrogens with one attached hydrogen (secondary N) is 1. The van der Waals surface area contributed by atoms with Crippen LogP contribution >= 0.6 is 11.8 Å².